The largest absolute Gasteiger partial charge is 0.491 e. The van der Waals surface area contributed by atoms with Crippen molar-refractivity contribution in [2.45, 2.75) is 23.6 Å². The molecule has 2 aromatic heterocycles. The highest BCUT2D eigenvalue weighted by Gasteiger charge is 2.16. The molecule has 1 aliphatic rings. The number of pyridine rings is 1. The number of hydrogen-bond donors (Lipinski definition) is 1. The Morgan fingerprint density at radius 1 is 1.33 bits per heavy atom. The summed E-state index contributed by atoms with van der Waals surface area (Å²) in [5, 5.41) is 4.82. The molecule has 0 radical (unpaired) electrons. The van der Waals surface area contributed by atoms with Crippen LogP contribution in [0, 0.1) is 6.92 Å². The minimum absolute atomic E-state index is 0.0257. The third-order valence-corrected chi connectivity index (χ3v) is 6.49. The molecule has 8 nitrogen and oxygen atoms in total. The smallest absolute Gasteiger partial charge is 0.244 e. The summed E-state index contributed by atoms with van der Waals surface area (Å²) in [6, 6.07) is 6.71. The number of nitrogens with zero attached hydrogens (tertiary/aromatic N) is 2. The molecule has 0 aliphatic carbocycles. The minimum atomic E-state index is -0.240. The number of fused-ring (bicyclic) bond motifs is 1. The van der Waals surface area contributed by atoms with E-state index in [9.17, 15) is 9.59 Å². The highest BCUT2D eigenvalue weighted by Crippen LogP contribution is 2.34. The fraction of sp³-hybridized carbons (Fsp3) is 0.250. The van der Waals surface area contributed by atoms with Crippen LogP contribution in [0.25, 0.3) is 0 Å². The van der Waals surface area contributed by atoms with Crippen molar-refractivity contribution in [3.05, 3.63) is 57.5 Å². The monoisotopic (exact) mass is 445 g/mol. The summed E-state index contributed by atoms with van der Waals surface area (Å²) >= 11 is 3.07. The topological polar surface area (TPSA) is 91.7 Å². The van der Waals surface area contributed by atoms with Crippen LogP contribution in [-0.4, -0.2) is 29.4 Å². The van der Waals surface area contributed by atoms with Gasteiger partial charge in [0, 0.05) is 40.3 Å². The van der Waals surface area contributed by atoms with E-state index in [4.69, 9.17) is 14.2 Å². The second kappa shape index (κ2) is 8.80. The zero-order valence-corrected chi connectivity index (χ0v) is 18.0. The van der Waals surface area contributed by atoms with Crippen molar-refractivity contribution >= 4 is 34.7 Å². The van der Waals surface area contributed by atoms with Crippen molar-refractivity contribution in [2.24, 2.45) is 0 Å². The van der Waals surface area contributed by atoms with Gasteiger partial charge in [-0.15, -0.1) is 11.3 Å². The van der Waals surface area contributed by atoms with E-state index in [1.807, 2.05) is 12.3 Å². The van der Waals surface area contributed by atoms with E-state index in [0.717, 1.165) is 10.0 Å². The molecule has 30 heavy (non-hydrogen) atoms. The van der Waals surface area contributed by atoms with Gasteiger partial charge in [0.1, 0.15) is 10.9 Å². The van der Waals surface area contributed by atoms with Gasteiger partial charge in [-0.05, 0) is 19.1 Å². The first-order valence-electron chi connectivity index (χ1n) is 9.03. The first kappa shape index (κ1) is 20.3. The Morgan fingerprint density at radius 2 is 2.17 bits per heavy atom. The second-order valence-corrected chi connectivity index (χ2v) is 8.57. The van der Waals surface area contributed by atoms with Gasteiger partial charge >= 0.3 is 0 Å². The van der Waals surface area contributed by atoms with Crippen molar-refractivity contribution in [3.63, 3.8) is 0 Å². The molecule has 1 amide bonds. The van der Waals surface area contributed by atoms with E-state index in [1.165, 1.54) is 24.9 Å². The van der Waals surface area contributed by atoms with Gasteiger partial charge in [0.05, 0.1) is 13.3 Å². The maximum Gasteiger partial charge on any atom is 0.244 e. The number of anilines is 1. The number of thiazole rings is 1. The maximum atomic E-state index is 12.7. The summed E-state index contributed by atoms with van der Waals surface area (Å²) < 4.78 is 18.4. The number of thioether (sulfide) groups is 1. The summed E-state index contributed by atoms with van der Waals surface area (Å²) in [6.45, 7) is 2.13. The van der Waals surface area contributed by atoms with Gasteiger partial charge in [-0.2, -0.15) is 0 Å². The van der Waals surface area contributed by atoms with E-state index in [0.29, 0.717) is 28.6 Å². The summed E-state index contributed by atoms with van der Waals surface area (Å²) in [6.07, 6.45) is 1.56. The van der Waals surface area contributed by atoms with E-state index in [2.05, 4.69) is 10.3 Å². The molecule has 3 heterocycles. The number of rotatable bonds is 7. The van der Waals surface area contributed by atoms with Crippen LogP contribution in [-0.2, 0) is 17.1 Å². The molecule has 0 unspecified atom stereocenters. The number of ether oxygens (including phenoxy) is 3. The lowest BCUT2D eigenvalue weighted by Crippen LogP contribution is -2.22. The van der Waals surface area contributed by atoms with Gasteiger partial charge in [0.15, 0.2) is 17.2 Å². The summed E-state index contributed by atoms with van der Waals surface area (Å²) in [5.41, 5.74) is 2.04. The molecule has 10 heteroatoms. The lowest BCUT2D eigenvalue weighted by Gasteiger charge is -2.14. The number of methoxy groups -OCH3 is 1. The molecule has 0 atom stereocenters. The molecule has 0 bridgehead atoms. The van der Waals surface area contributed by atoms with Gasteiger partial charge in [-0.25, -0.2) is 4.98 Å². The van der Waals surface area contributed by atoms with Crippen LogP contribution in [0.4, 0.5) is 5.69 Å². The van der Waals surface area contributed by atoms with Crippen molar-refractivity contribution < 1.29 is 19.0 Å². The molecule has 3 aromatic rings. The molecule has 156 valence electrons. The van der Waals surface area contributed by atoms with Crippen LogP contribution < -0.4 is 25.0 Å². The number of nitrogens with one attached hydrogen (secondary N) is 1. The fourth-order valence-electron chi connectivity index (χ4n) is 2.88. The number of benzene rings is 1. The molecule has 1 N–H and O–H groups in total. The third kappa shape index (κ3) is 4.60. The molecule has 1 aromatic carbocycles. The van der Waals surface area contributed by atoms with Crippen LogP contribution in [0.3, 0.4) is 0 Å². The first-order chi connectivity index (χ1) is 14.5. The van der Waals surface area contributed by atoms with E-state index < -0.39 is 0 Å². The average Bonchev–Trinajstić information content (AvgIpc) is 3.36. The predicted molar refractivity (Wildman–Crippen MR) is 115 cm³/mol. The standard InChI is InChI=1S/C20H19N3O5S2/c1-12-9-29-20(21-12)30-10-14-6-15(24)18(26-2)7-23(14)8-19(25)22-13-3-4-16-17(5-13)28-11-27-16/h3-7,9H,8,10-11H2,1-2H3,(H,22,25). The van der Waals surface area contributed by atoms with Gasteiger partial charge < -0.3 is 24.1 Å². The van der Waals surface area contributed by atoms with Crippen LogP contribution in [0.15, 0.2) is 45.0 Å². The molecular formula is C20H19N3O5S2. The highest BCUT2D eigenvalue weighted by atomic mass is 32.2. The molecule has 0 spiro atoms. The summed E-state index contributed by atoms with van der Waals surface area (Å²) in [4.78, 5) is 29.3. The number of amides is 1. The zero-order valence-electron chi connectivity index (χ0n) is 16.3. The number of carbonyl (C=O) groups is 1. The molecule has 0 fully saturated rings. The van der Waals surface area contributed by atoms with Gasteiger partial charge in [0.2, 0.25) is 18.1 Å². The third-order valence-electron chi connectivity index (χ3n) is 4.31. The lowest BCUT2D eigenvalue weighted by atomic mass is 10.2. The molecule has 0 saturated carbocycles. The Labute approximate surface area is 180 Å². The summed E-state index contributed by atoms with van der Waals surface area (Å²) in [5.74, 6) is 1.69. The van der Waals surface area contributed by atoms with Crippen LogP contribution in [0.5, 0.6) is 17.2 Å². The Bertz CT molecular complexity index is 1140. The van der Waals surface area contributed by atoms with Gasteiger partial charge in [-0.3, -0.25) is 9.59 Å². The Hall–Kier alpha value is -2.98. The quantitative estimate of drug-likeness (QED) is 0.558. The van der Waals surface area contributed by atoms with Gasteiger partial charge in [-0.1, -0.05) is 11.8 Å². The number of hydrogen-bond acceptors (Lipinski definition) is 8. The normalized spacial score (nSPS) is 12.1. The zero-order chi connectivity index (χ0) is 21.1. The highest BCUT2D eigenvalue weighted by molar-refractivity contribution is 8.00. The molecule has 4 rings (SSSR count). The van der Waals surface area contributed by atoms with E-state index in [1.54, 1.807) is 40.3 Å². The molecular weight excluding hydrogens is 426 g/mol. The predicted octanol–water partition coefficient (Wildman–Crippen LogP) is 3.28. The fourth-order valence-corrected chi connectivity index (χ4v) is 4.73. The first-order valence-corrected chi connectivity index (χ1v) is 10.9. The molecule has 1 aliphatic heterocycles. The Morgan fingerprint density at radius 3 is 2.93 bits per heavy atom. The number of aryl methyl sites for hydroxylation is 1. The van der Waals surface area contributed by atoms with Crippen LogP contribution in [0.2, 0.25) is 0 Å². The van der Waals surface area contributed by atoms with Crippen LogP contribution >= 0.6 is 23.1 Å². The Kier molecular flexibility index (Phi) is 5.96. The van der Waals surface area contributed by atoms with Crippen molar-refractivity contribution in [1.29, 1.82) is 0 Å². The Balaban J connectivity index is 1.50. The lowest BCUT2D eigenvalue weighted by molar-refractivity contribution is -0.116. The van der Waals surface area contributed by atoms with Crippen molar-refractivity contribution in [2.75, 3.05) is 19.2 Å². The minimum Gasteiger partial charge on any atom is -0.491 e. The van der Waals surface area contributed by atoms with Crippen molar-refractivity contribution in [3.8, 4) is 17.2 Å². The van der Waals surface area contributed by atoms with E-state index in [-0.39, 0.29) is 30.4 Å². The number of carbonyl (C=O) groups excluding carboxylic acids is 1. The van der Waals surface area contributed by atoms with E-state index >= 15 is 0 Å². The maximum absolute atomic E-state index is 12.7. The second-order valence-electron chi connectivity index (χ2n) is 6.48. The average molecular weight is 446 g/mol. The van der Waals surface area contributed by atoms with Gasteiger partial charge in [0.25, 0.3) is 0 Å². The van der Waals surface area contributed by atoms with Crippen molar-refractivity contribution in [1.82, 2.24) is 9.55 Å². The summed E-state index contributed by atoms with van der Waals surface area (Å²) in [7, 11) is 1.43. The SMILES string of the molecule is COc1cn(CC(=O)Nc2ccc3c(c2)OCO3)c(CSc2nc(C)cs2)cc1=O. The molecule has 0 saturated heterocycles. The number of aromatic nitrogens is 2. The van der Waals surface area contributed by atoms with Crippen LogP contribution in [0.1, 0.15) is 11.4 Å².